The van der Waals surface area contributed by atoms with Crippen molar-refractivity contribution >= 4 is 22.5 Å². The third-order valence-electron chi connectivity index (χ3n) is 7.24. The summed E-state index contributed by atoms with van der Waals surface area (Å²) in [5.41, 5.74) is 0.921. The second-order valence-corrected chi connectivity index (χ2v) is 9.89. The second-order valence-electron chi connectivity index (χ2n) is 9.89. The van der Waals surface area contributed by atoms with Crippen LogP contribution in [0.1, 0.15) is 80.5 Å². The van der Waals surface area contributed by atoms with Gasteiger partial charge in [0, 0.05) is 17.4 Å². The molecule has 0 radical (unpaired) electrons. The van der Waals surface area contributed by atoms with E-state index in [4.69, 9.17) is 23.7 Å². The lowest BCUT2D eigenvalue weighted by Gasteiger charge is -2.22. The highest BCUT2D eigenvalue weighted by Crippen LogP contribution is 2.47. The molecule has 3 aromatic rings. The van der Waals surface area contributed by atoms with Crippen LogP contribution in [0.3, 0.4) is 0 Å². The number of methoxy groups -OCH3 is 3. The number of phenols is 1. The summed E-state index contributed by atoms with van der Waals surface area (Å²) in [7, 11) is 4.32. The molecule has 0 heterocycles. The molecule has 1 N–H and O–H groups in total. The van der Waals surface area contributed by atoms with Crippen LogP contribution in [-0.4, -0.2) is 51.4 Å². The van der Waals surface area contributed by atoms with Gasteiger partial charge in [-0.25, -0.2) is 4.79 Å². The van der Waals surface area contributed by atoms with Crippen molar-refractivity contribution in [2.45, 2.75) is 59.8 Å². The highest BCUT2D eigenvalue weighted by molar-refractivity contribution is 6.20. The summed E-state index contributed by atoms with van der Waals surface area (Å²) in [5, 5.41) is 12.6. The molecule has 0 saturated heterocycles. The maximum Gasteiger partial charge on any atom is 0.339 e. The first-order valence-corrected chi connectivity index (χ1v) is 14.3. The van der Waals surface area contributed by atoms with Gasteiger partial charge in [-0.05, 0) is 54.0 Å². The Bertz CT molecular complexity index is 1370. The van der Waals surface area contributed by atoms with Gasteiger partial charge >= 0.3 is 5.97 Å². The van der Waals surface area contributed by atoms with E-state index in [0.717, 1.165) is 25.7 Å². The van der Waals surface area contributed by atoms with Gasteiger partial charge in [-0.1, -0.05) is 46.6 Å². The van der Waals surface area contributed by atoms with Gasteiger partial charge in [-0.3, -0.25) is 4.79 Å². The molecule has 0 aliphatic heterocycles. The molecular weight excluding hydrogens is 524 g/mol. The number of phenolic OH excluding ortho intramolecular Hbond substituents is 1. The molecule has 222 valence electrons. The van der Waals surface area contributed by atoms with Gasteiger partial charge in [-0.15, -0.1) is 0 Å². The van der Waals surface area contributed by atoms with Crippen LogP contribution in [0.5, 0.6) is 28.7 Å². The molecule has 0 aromatic heterocycles. The maximum atomic E-state index is 13.9. The Morgan fingerprint density at radius 3 is 1.85 bits per heavy atom. The van der Waals surface area contributed by atoms with Gasteiger partial charge in [0.25, 0.3) is 0 Å². The number of esters is 1. The first-order valence-electron chi connectivity index (χ1n) is 14.3. The molecule has 0 aliphatic carbocycles. The van der Waals surface area contributed by atoms with E-state index in [0.29, 0.717) is 58.1 Å². The predicted molar refractivity (Wildman–Crippen MR) is 160 cm³/mol. The van der Waals surface area contributed by atoms with E-state index in [1.54, 1.807) is 30.3 Å². The minimum Gasteiger partial charge on any atom is -0.507 e. The van der Waals surface area contributed by atoms with E-state index in [-0.39, 0.29) is 35.0 Å². The fraction of sp³-hybridized carbons (Fsp3) is 0.455. The molecule has 0 spiro atoms. The van der Waals surface area contributed by atoms with Crippen LogP contribution in [0.2, 0.25) is 0 Å². The van der Waals surface area contributed by atoms with Crippen molar-refractivity contribution in [3.63, 3.8) is 0 Å². The number of aromatic hydroxyl groups is 1. The van der Waals surface area contributed by atoms with E-state index in [9.17, 15) is 14.7 Å². The zero-order valence-corrected chi connectivity index (χ0v) is 25.2. The van der Waals surface area contributed by atoms with Crippen molar-refractivity contribution in [1.82, 2.24) is 0 Å². The molecule has 41 heavy (non-hydrogen) atoms. The molecule has 0 aliphatic rings. The van der Waals surface area contributed by atoms with Crippen molar-refractivity contribution < 1.29 is 38.4 Å². The van der Waals surface area contributed by atoms with Crippen LogP contribution in [0.4, 0.5) is 0 Å². The predicted octanol–water partition coefficient (Wildman–Crippen LogP) is 7.60. The highest BCUT2D eigenvalue weighted by Gasteiger charge is 2.31. The van der Waals surface area contributed by atoms with Gasteiger partial charge in [0.15, 0.2) is 28.8 Å². The molecular formula is C33H42O8. The molecule has 0 unspecified atom stereocenters. The fourth-order valence-corrected chi connectivity index (χ4v) is 4.94. The number of hydrogen-bond acceptors (Lipinski definition) is 8. The average molecular weight is 567 g/mol. The Balaban J connectivity index is 2.53. The summed E-state index contributed by atoms with van der Waals surface area (Å²) >= 11 is 0. The number of benzene rings is 3. The number of hydrogen-bond donors (Lipinski definition) is 1. The van der Waals surface area contributed by atoms with Crippen molar-refractivity contribution in [1.29, 1.82) is 0 Å². The molecule has 0 bridgehead atoms. The van der Waals surface area contributed by atoms with Crippen molar-refractivity contribution in [2.75, 3.05) is 34.5 Å². The summed E-state index contributed by atoms with van der Waals surface area (Å²) in [4.78, 5) is 27.4. The van der Waals surface area contributed by atoms with Gasteiger partial charge in [0.2, 0.25) is 0 Å². The molecule has 0 fully saturated rings. The molecule has 0 atom stereocenters. The highest BCUT2D eigenvalue weighted by atomic mass is 16.5. The van der Waals surface area contributed by atoms with Gasteiger partial charge < -0.3 is 28.8 Å². The lowest BCUT2D eigenvalue weighted by atomic mass is 9.84. The Labute approximate surface area is 242 Å². The summed E-state index contributed by atoms with van der Waals surface area (Å²) in [5.74, 6) is 0.615. The summed E-state index contributed by atoms with van der Waals surface area (Å²) in [6.07, 6.45) is 3.31. The number of fused-ring (bicyclic) bond motifs is 1. The number of ketones is 1. The second kappa shape index (κ2) is 14.6. The van der Waals surface area contributed by atoms with E-state index in [1.807, 2.05) is 27.7 Å². The Hall–Kier alpha value is -3.94. The van der Waals surface area contributed by atoms with Gasteiger partial charge in [-0.2, -0.15) is 0 Å². The lowest BCUT2D eigenvalue weighted by Crippen LogP contribution is -2.16. The van der Waals surface area contributed by atoms with Crippen LogP contribution in [0, 0.1) is 5.92 Å². The SMILES string of the molecule is CCCOc1cc2c(O)c(C(=O)CC(CC)CC)c(C(=O)OC)c(-c3ccc(OC)c(OC)c3)c2cc1OCCC. The topological polar surface area (TPSA) is 101 Å². The van der Waals surface area contributed by atoms with Crippen LogP contribution in [-0.2, 0) is 4.74 Å². The standard InChI is InChI=1S/C33H42O8/c1-8-14-40-27-18-22-23(19-28(27)41-15-9-2)32(35)30(24(34)16-20(10-3)11-4)31(33(36)39-7)29(22)21-12-13-25(37-5)26(17-21)38-6/h12-13,17-20,35H,8-11,14-16H2,1-7H3. The summed E-state index contributed by atoms with van der Waals surface area (Å²) < 4.78 is 28.3. The van der Waals surface area contributed by atoms with Crippen molar-refractivity contribution in [3.8, 4) is 39.9 Å². The minimum atomic E-state index is -0.734. The molecule has 8 heteroatoms. The van der Waals surface area contributed by atoms with E-state index in [2.05, 4.69) is 0 Å². The third kappa shape index (κ3) is 6.69. The van der Waals surface area contributed by atoms with Crippen LogP contribution >= 0.6 is 0 Å². The molecule has 0 amide bonds. The zero-order chi connectivity index (χ0) is 30.1. The number of rotatable bonds is 15. The molecule has 3 aromatic carbocycles. The summed E-state index contributed by atoms with van der Waals surface area (Å²) in [6, 6.07) is 8.68. The van der Waals surface area contributed by atoms with Crippen LogP contribution in [0.15, 0.2) is 30.3 Å². The van der Waals surface area contributed by atoms with E-state index < -0.39 is 5.97 Å². The van der Waals surface area contributed by atoms with Crippen LogP contribution < -0.4 is 18.9 Å². The Kier molecular flexibility index (Phi) is 11.3. The van der Waals surface area contributed by atoms with Gasteiger partial charge in [0.1, 0.15) is 5.75 Å². The molecule has 0 saturated carbocycles. The number of ether oxygens (including phenoxy) is 5. The smallest absolute Gasteiger partial charge is 0.339 e. The normalized spacial score (nSPS) is 11.0. The Morgan fingerprint density at radius 1 is 0.756 bits per heavy atom. The quantitative estimate of drug-likeness (QED) is 0.148. The monoisotopic (exact) mass is 566 g/mol. The van der Waals surface area contributed by atoms with Crippen molar-refractivity contribution in [2.24, 2.45) is 5.92 Å². The first-order chi connectivity index (χ1) is 19.8. The summed E-state index contributed by atoms with van der Waals surface area (Å²) in [6.45, 7) is 8.93. The van der Waals surface area contributed by atoms with E-state index in [1.165, 1.54) is 21.3 Å². The molecule has 3 rings (SSSR count). The minimum absolute atomic E-state index is 0.00987. The fourth-order valence-electron chi connectivity index (χ4n) is 4.94. The Morgan fingerprint density at radius 2 is 1.34 bits per heavy atom. The average Bonchev–Trinajstić information content (AvgIpc) is 3.00. The number of carbonyl (C=O) groups is 2. The lowest BCUT2D eigenvalue weighted by molar-refractivity contribution is 0.0597. The largest absolute Gasteiger partial charge is 0.507 e. The maximum absolute atomic E-state index is 13.9. The molecule has 8 nitrogen and oxygen atoms in total. The van der Waals surface area contributed by atoms with Crippen LogP contribution in [0.25, 0.3) is 21.9 Å². The first kappa shape index (κ1) is 31.6. The zero-order valence-electron chi connectivity index (χ0n) is 25.2. The third-order valence-corrected chi connectivity index (χ3v) is 7.24. The van der Waals surface area contributed by atoms with E-state index >= 15 is 0 Å². The van der Waals surface area contributed by atoms with Gasteiger partial charge in [0.05, 0.1) is 45.7 Å². The number of carbonyl (C=O) groups excluding carboxylic acids is 2. The van der Waals surface area contributed by atoms with Crippen molar-refractivity contribution in [3.05, 3.63) is 41.5 Å². The number of Topliss-reactive ketones (excluding diaryl/α,β-unsaturated/α-hetero) is 1.